The fourth-order valence-electron chi connectivity index (χ4n) is 2.06. The summed E-state index contributed by atoms with van der Waals surface area (Å²) in [7, 11) is 0. The highest BCUT2D eigenvalue weighted by Crippen LogP contribution is 2.14. The molecule has 2 heterocycles. The number of aromatic nitrogens is 3. The van der Waals surface area contributed by atoms with Gasteiger partial charge in [0.25, 0.3) is 0 Å². The second-order valence-corrected chi connectivity index (χ2v) is 5.94. The summed E-state index contributed by atoms with van der Waals surface area (Å²) in [6.07, 6.45) is 1.58. The van der Waals surface area contributed by atoms with Gasteiger partial charge < -0.3 is 11.1 Å². The quantitative estimate of drug-likeness (QED) is 0.657. The van der Waals surface area contributed by atoms with Crippen molar-refractivity contribution < 1.29 is 9.59 Å². The minimum atomic E-state index is -0.534. The Bertz CT molecular complexity index is 1000. The summed E-state index contributed by atoms with van der Waals surface area (Å²) in [6.45, 7) is 0. The standard InChI is InChI=1S/C16H13N5O3S/c17-14(23)10-4-6-11(7-5-10)18-13(22)9-25-15-19-12-3-1-2-8-21(12)16(24)20-15/h1-8H,9H2,(H2,17,23)(H,18,22). The van der Waals surface area contributed by atoms with Crippen LogP contribution in [-0.2, 0) is 4.79 Å². The van der Waals surface area contributed by atoms with Gasteiger partial charge in [-0.3, -0.25) is 14.0 Å². The fourth-order valence-corrected chi connectivity index (χ4v) is 2.69. The van der Waals surface area contributed by atoms with E-state index in [2.05, 4.69) is 15.3 Å². The number of carbonyl (C=O) groups excluding carboxylic acids is 2. The average molecular weight is 355 g/mol. The van der Waals surface area contributed by atoms with Gasteiger partial charge in [0, 0.05) is 17.4 Å². The molecule has 8 nitrogen and oxygen atoms in total. The molecule has 3 rings (SSSR count). The monoisotopic (exact) mass is 355 g/mol. The van der Waals surface area contributed by atoms with Crippen molar-refractivity contribution in [2.75, 3.05) is 11.1 Å². The van der Waals surface area contributed by atoms with E-state index >= 15 is 0 Å². The predicted octanol–water partition coefficient (Wildman–Crippen LogP) is 0.919. The number of nitrogens with zero attached hydrogens (tertiary/aromatic N) is 3. The van der Waals surface area contributed by atoms with Crippen LogP contribution in [0.15, 0.2) is 58.6 Å². The van der Waals surface area contributed by atoms with Crippen molar-refractivity contribution in [1.29, 1.82) is 0 Å². The Morgan fingerprint density at radius 2 is 1.88 bits per heavy atom. The van der Waals surface area contributed by atoms with E-state index in [1.54, 1.807) is 36.5 Å². The second-order valence-electron chi connectivity index (χ2n) is 5.00. The van der Waals surface area contributed by atoms with Gasteiger partial charge in [-0.05, 0) is 36.4 Å². The van der Waals surface area contributed by atoms with E-state index in [0.717, 1.165) is 11.8 Å². The number of carbonyl (C=O) groups is 2. The number of thioether (sulfide) groups is 1. The first-order valence-electron chi connectivity index (χ1n) is 7.21. The van der Waals surface area contributed by atoms with E-state index in [0.29, 0.717) is 16.9 Å². The van der Waals surface area contributed by atoms with E-state index < -0.39 is 11.6 Å². The highest BCUT2D eigenvalue weighted by atomic mass is 32.2. The summed E-state index contributed by atoms with van der Waals surface area (Å²) in [5.74, 6) is -0.776. The fraction of sp³-hybridized carbons (Fsp3) is 0.0625. The van der Waals surface area contributed by atoms with Gasteiger partial charge in [0.05, 0.1) is 5.75 Å². The molecule has 0 aliphatic carbocycles. The van der Waals surface area contributed by atoms with E-state index in [-0.39, 0.29) is 16.8 Å². The molecule has 25 heavy (non-hydrogen) atoms. The number of amides is 2. The van der Waals surface area contributed by atoms with Crippen LogP contribution in [-0.4, -0.2) is 31.9 Å². The molecule has 0 aliphatic rings. The maximum atomic E-state index is 12.0. The van der Waals surface area contributed by atoms with Crippen molar-refractivity contribution in [3.63, 3.8) is 0 Å². The molecule has 0 radical (unpaired) electrons. The molecule has 0 unspecified atom stereocenters. The van der Waals surface area contributed by atoms with E-state index in [4.69, 9.17) is 5.73 Å². The lowest BCUT2D eigenvalue weighted by molar-refractivity contribution is -0.113. The second kappa shape index (κ2) is 7.14. The SMILES string of the molecule is NC(=O)c1ccc(NC(=O)CSc2nc(=O)n3ccccc3n2)cc1. The molecule has 0 spiro atoms. The van der Waals surface area contributed by atoms with Gasteiger partial charge in [-0.1, -0.05) is 17.8 Å². The summed E-state index contributed by atoms with van der Waals surface area (Å²) in [5, 5.41) is 2.91. The molecule has 2 amide bonds. The minimum Gasteiger partial charge on any atom is -0.366 e. The lowest BCUT2D eigenvalue weighted by atomic mass is 10.2. The maximum Gasteiger partial charge on any atom is 0.355 e. The van der Waals surface area contributed by atoms with Crippen molar-refractivity contribution in [2.45, 2.75) is 5.16 Å². The molecule has 126 valence electrons. The number of anilines is 1. The summed E-state index contributed by atoms with van der Waals surface area (Å²) in [5.41, 5.74) is 6.07. The Morgan fingerprint density at radius 3 is 2.60 bits per heavy atom. The number of hydrogen-bond acceptors (Lipinski definition) is 6. The number of nitrogens with two attached hydrogens (primary N) is 1. The van der Waals surface area contributed by atoms with Crippen LogP contribution >= 0.6 is 11.8 Å². The van der Waals surface area contributed by atoms with Crippen LogP contribution in [0.4, 0.5) is 5.69 Å². The number of rotatable bonds is 5. The molecular formula is C16H13N5O3S. The molecule has 0 aliphatic heterocycles. The number of benzene rings is 1. The van der Waals surface area contributed by atoms with Crippen LogP contribution in [0.5, 0.6) is 0 Å². The van der Waals surface area contributed by atoms with Crippen molar-refractivity contribution in [3.8, 4) is 0 Å². The lowest BCUT2D eigenvalue weighted by Crippen LogP contribution is -2.20. The minimum absolute atomic E-state index is 0.0417. The first-order chi connectivity index (χ1) is 12.0. The molecule has 0 bridgehead atoms. The van der Waals surface area contributed by atoms with E-state index in [9.17, 15) is 14.4 Å². The molecule has 9 heteroatoms. The molecule has 0 fully saturated rings. The predicted molar refractivity (Wildman–Crippen MR) is 93.6 cm³/mol. The van der Waals surface area contributed by atoms with Crippen molar-refractivity contribution in [3.05, 3.63) is 64.7 Å². The highest BCUT2D eigenvalue weighted by Gasteiger charge is 2.08. The van der Waals surface area contributed by atoms with Crippen molar-refractivity contribution in [1.82, 2.24) is 14.4 Å². The lowest BCUT2D eigenvalue weighted by Gasteiger charge is -2.05. The zero-order valence-electron chi connectivity index (χ0n) is 12.9. The van der Waals surface area contributed by atoms with Crippen LogP contribution in [0.1, 0.15) is 10.4 Å². The van der Waals surface area contributed by atoms with Gasteiger partial charge in [0.2, 0.25) is 11.8 Å². The molecule has 0 atom stereocenters. The van der Waals surface area contributed by atoms with Gasteiger partial charge in [-0.25, -0.2) is 9.78 Å². The van der Waals surface area contributed by atoms with Gasteiger partial charge in [0.15, 0.2) is 5.16 Å². The molecule has 0 saturated carbocycles. The third kappa shape index (κ3) is 4.01. The Balaban J connectivity index is 1.64. The van der Waals surface area contributed by atoms with Gasteiger partial charge in [-0.2, -0.15) is 4.98 Å². The van der Waals surface area contributed by atoms with E-state index in [1.807, 2.05) is 0 Å². The summed E-state index contributed by atoms with van der Waals surface area (Å²) in [4.78, 5) is 42.9. The molecular weight excluding hydrogens is 342 g/mol. The molecule has 3 N–H and O–H groups in total. The molecule has 3 aromatic rings. The zero-order chi connectivity index (χ0) is 17.8. The molecule has 0 saturated heterocycles. The summed E-state index contributed by atoms with van der Waals surface area (Å²) in [6, 6.07) is 11.4. The third-order valence-electron chi connectivity index (χ3n) is 3.23. The topological polar surface area (TPSA) is 119 Å². The maximum absolute atomic E-state index is 12.0. The first kappa shape index (κ1) is 16.7. The highest BCUT2D eigenvalue weighted by molar-refractivity contribution is 7.99. The summed E-state index contributed by atoms with van der Waals surface area (Å²) >= 11 is 1.06. The normalized spacial score (nSPS) is 10.6. The van der Waals surface area contributed by atoms with Crippen LogP contribution in [0, 0.1) is 0 Å². The van der Waals surface area contributed by atoms with Crippen LogP contribution in [0.25, 0.3) is 5.65 Å². The number of pyridine rings is 1. The summed E-state index contributed by atoms with van der Waals surface area (Å²) < 4.78 is 1.32. The zero-order valence-corrected chi connectivity index (χ0v) is 13.7. The van der Waals surface area contributed by atoms with Gasteiger partial charge in [-0.15, -0.1) is 0 Å². The van der Waals surface area contributed by atoms with Crippen molar-refractivity contribution in [2.24, 2.45) is 5.73 Å². The molecule has 2 aromatic heterocycles. The third-order valence-corrected chi connectivity index (χ3v) is 4.08. The number of primary amides is 1. The van der Waals surface area contributed by atoms with E-state index in [1.165, 1.54) is 16.5 Å². The Hall–Kier alpha value is -3.20. The number of fused-ring (bicyclic) bond motifs is 1. The number of hydrogen-bond donors (Lipinski definition) is 2. The van der Waals surface area contributed by atoms with Gasteiger partial charge in [0.1, 0.15) is 5.65 Å². The Labute approximate surface area is 146 Å². The van der Waals surface area contributed by atoms with Gasteiger partial charge >= 0.3 is 5.69 Å². The Morgan fingerprint density at radius 1 is 1.12 bits per heavy atom. The average Bonchev–Trinajstić information content (AvgIpc) is 2.60. The van der Waals surface area contributed by atoms with Crippen LogP contribution in [0.3, 0.4) is 0 Å². The largest absolute Gasteiger partial charge is 0.366 e. The first-order valence-corrected chi connectivity index (χ1v) is 8.19. The van der Waals surface area contributed by atoms with Crippen molar-refractivity contribution >= 4 is 34.9 Å². The molecule has 1 aromatic carbocycles. The smallest absolute Gasteiger partial charge is 0.355 e. The Kier molecular flexibility index (Phi) is 4.75. The van der Waals surface area contributed by atoms with Crippen LogP contribution in [0.2, 0.25) is 0 Å². The number of nitrogens with one attached hydrogen (secondary N) is 1. The van der Waals surface area contributed by atoms with Crippen LogP contribution < -0.4 is 16.7 Å².